The normalized spacial score (nSPS) is 1.00. The molecule has 0 heterocycles. The van der Waals surface area contributed by atoms with E-state index in [1.165, 1.54) is 0 Å². The van der Waals surface area contributed by atoms with Crippen LogP contribution in [0.15, 0.2) is 0 Å². The molecule has 0 rings (SSSR count). The van der Waals surface area contributed by atoms with Gasteiger partial charge in [0, 0.05) is 30.5 Å². The van der Waals surface area contributed by atoms with E-state index in [9.17, 15) is 0 Å². The van der Waals surface area contributed by atoms with E-state index in [0.717, 1.165) is 0 Å². The van der Waals surface area contributed by atoms with Crippen molar-refractivity contribution in [1.82, 2.24) is 0 Å². The molecule has 18 valence electrons. The van der Waals surface area contributed by atoms with E-state index < -0.39 is 0 Å². The minimum atomic E-state index is 0. The molecule has 0 saturated heterocycles. The van der Waals surface area contributed by atoms with Crippen molar-refractivity contribution in [2.45, 2.75) is 0 Å². The van der Waals surface area contributed by atoms with Crippen LogP contribution in [0, 0.1) is 7.43 Å². The Balaban J connectivity index is -0.00000000500. The minimum absolute atomic E-state index is 0. The molecule has 0 amide bonds. The Morgan fingerprint density at radius 3 is 1.25 bits per heavy atom. The van der Waals surface area contributed by atoms with Crippen LogP contribution in [-0.2, 0) is 12.5 Å². The Bertz CT molecular complexity index is 8.00. The second kappa shape index (κ2) is 47.5. The number of hydrogen-bond acceptors (Lipinski definition) is 2. The van der Waals surface area contributed by atoms with Gasteiger partial charge >= 0.3 is 0 Å². The maximum absolute atomic E-state index is 7.83. The Labute approximate surface area is 47.5 Å². The van der Waals surface area contributed by atoms with Crippen molar-refractivity contribution < 1.29 is 4.21 Å². The SMILES string of the molecule is O=S.[C].[Mg]. The zero-order valence-electron chi connectivity index (χ0n) is 2.02. The lowest BCUT2D eigenvalue weighted by atomic mass is 12.0. The van der Waals surface area contributed by atoms with Crippen molar-refractivity contribution in [3.05, 3.63) is 7.43 Å². The summed E-state index contributed by atoms with van der Waals surface area (Å²) in [5.74, 6) is 0. The summed E-state index contributed by atoms with van der Waals surface area (Å²) >= 11 is 2.83. The van der Waals surface area contributed by atoms with E-state index in [1.807, 2.05) is 0 Å². The standard InChI is InChI=1S/C.Mg.OS/c;;1-2. The average Bonchev–Trinajstić information content (AvgIpc) is 1.00. The summed E-state index contributed by atoms with van der Waals surface area (Å²) < 4.78 is 7.83. The summed E-state index contributed by atoms with van der Waals surface area (Å²) in [6.45, 7) is 0. The van der Waals surface area contributed by atoms with E-state index in [4.69, 9.17) is 4.21 Å². The summed E-state index contributed by atoms with van der Waals surface area (Å²) in [6.07, 6.45) is 0. The van der Waals surface area contributed by atoms with Gasteiger partial charge < -0.3 is 0 Å². The molecule has 0 saturated carbocycles. The molecule has 0 atom stereocenters. The first-order chi connectivity index (χ1) is 1.00. The number of rotatable bonds is 0. The molecule has 0 aliphatic heterocycles. The number of hydrogen-bond donors (Lipinski definition) is 0. The van der Waals surface area contributed by atoms with Gasteiger partial charge in [-0.15, -0.1) is 0 Å². The van der Waals surface area contributed by atoms with Crippen LogP contribution in [0.3, 0.4) is 0 Å². The summed E-state index contributed by atoms with van der Waals surface area (Å²) in [7, 11) is 0. The molecule has 0 aromatic heterocycles. The summed E-state index contributed by atoms with van der Waals surface area (Å²) in [5.41, 5.74) is 0. The van der Waals surface area contributed by atoms with Crippen LogP contribution in [0.25, 0.3) is 0 Å². The lowest BCUT2D eigenvalue weighted by Crippen LogP contribution is -0.894. The summed E-state index contributed by atoms with van der Waals surface area (Å²) in [4.78, 5) is 0. The van der Waals surface area contributed by atoms with Crippen LogP contribution in [0.1, 0.15) is 0 Å². The van der Waals surface area contributed by atoms with Crippen molar-refractivity contribution in [1.29, 1.82) is 0 Å². The van der Waals surface area contributed by atoms with Gasteiger partial charge in [0.05, 0.1) is 0 Å². The molecule has 0 aromatic rings. The second-order valence-corrected chi connectivity index (χ2v) is 0. The van der Waals surface area contributed by atoms with Crippen molar-refractivity contribution in [2.75, 3.05) is 0 Å². The molecule has 6 radical (unpaired) electrons. The Hall–Kier alpha value is 0.786. The first kappa shape index (κ1) is 21.5. The smallest absolute Gasteiger partial charge is 0.197 e. The van der Waals surface area contributed by atoms with Crippen molar-refractivity contribution in [3.63, 3.8) is 0 Å². The van der Waals surface area contributed by atoms with E-state index in [-0.39, 0.29) is 30.5 Å². The van der Waals surface area contributed by atoms with Crippen LogP contribution in [-0.4, -0.2) is 27.3 Å². The third kappa shape index (κ3) is 14.4. The average molecular weight is 84.4 g/mol. The van der Waals surface area contributed by atoms with E-state index in [0.29, 0.717) is 0 Å². The largest absolute Gasteiger partial charge is 0.197 e. The van der Waals surface area contributed by atoms with Gasteiger partial charge in [0.15, 0.2) is 12.5 Å². The fourth-order valence-electron chi connectivity index (χ4n) is 0. The highest BCUT2D eigenvalue weighted by atomic mass is 32.1. The molecule has 0 aliphatic rings. The van der Waals surface area contributed by atoms with Gasteiger partial charge in [-0.2, -0.15) is 4.21 Å². The fraction of sp³-hybridized carbons (Fsp3) is 0. The quantitative estimate of drug-likeness (QED) is 0.363. The molecular formula is CMgOS. The molecular weight excluding hydrogens is 84.4 g/mol. The molecule has 0 bridgehead atoms. The first-order valence-corrected chi connectivity index (χ1v) is 0.500. The lowest BCUT2D eigenvalue weighted by Gasteiger charge is -0.734. The summed E-state index contributed by atoms with van der Waals surface area (Å²) in [6, 6.07) is 0. The van der Waals surface area contributed by atoms with Gasteiger partial charge in [-0.3, -0.25) is 0 Å². The zero-order valence-corrected chi connectivity index (χ0v) is 4.25. The molecule has 0 spiro atoms. The highest BCUT2D eigenvalue weighted by Crippen LogP contribution is 0.558. The Morgan fingerprint density at radius 1 is 1.25 bits per heavy atom. The molecule has 0 N–H and O–H groups in total. The highest BCUT2D eigenvalue weighted by molar-refractivity contribution is 7.44. The van der Waals surface area contributed by atoms with Crippen LogP contribution < -0.4 is 0 Å². The van der Waals surface area contributed by atoms with Crippen molar-refractivity contribution in [2.24, 2.45) is 0 Å². The van der Waals surface area contributed by atoms with Crippen molar-refractivity contribution >= 4 is 35.6 Å². The third-order valence-electron chi connectivity index (χ3n) is 0. The molecule has 3 heteroatoms. The highest BCUT2D eigenvalue weighted by Gasteiger charge is 0.734. The van der Waals surface area contributed by atoms with Crippen LogP contribution in [0.4, 0.5) is 0 Å². The molecule has 0 aliphatic carbocycles. The maximum Gasteiger partial charge on any atom is 0.197 e. The van der Waals surface area contributed by atoms with E-state index >= 15 is 0 Å². The van der Waals surface area contributed by atoms with E-state index in [2.05, 4.69) is 12.5 Å². The van der Waals surface area contributed by atoms with Crippen molar-refractivity contribution in [3.8, 4) is 0 Å². The molecule has 0 fully saturated rings. The topological polar surface area (TPSA) is 17.1 Å². The minimum Gasteiger partial charge on any atom is -0.197 e. The monoisotopic (exact) mass is 84.0 g/mol. The third-order valence-corrected chi connectivity index (χ3v) is 0. The van der Waals surface area contributed by atoms with Crippen LogP contribution in [0.5, 0.6) is 0 Å². The first-order valence-electron chi connectivity index (χ1n) is 0.167. The zero-order chi connectivity index (χ0) is 2.00. The Kier molecular flexibility index (Phi) is 256. The lowest BCUT2D eigenvalue weighted by molar-refractivity contribution is 0.702. The predicted molar refractivity (Wildman–Crippen MR) is 17.1 cm³/mol. The molecule has 4 heavy (non-hydrogen) atoms. The van der Waals surface area contributed by atoms with Gasteiger partial charge in [0.1, 0.15) is 0 Å². The predicted octanol–water partition coefficient (Wildman–Crippen LogP) is -0.636. The fourth-order valence-corrected chi connectivity index (χ4v) is 0. The van der Waals surface area contributed by atoms with E-state index in [1.54, 1.807) is 0 Å². The summed E-state index contributed by atoms with van der Waals surface area (Å²) in [5, 5.41) is 0. The Morgan fingerprint density at radius 2 is 1.25 bits per heavy atom. The van der Waals surface area contributed by atoms with Gasteiger partial charge in [0.2, 0.25) is 0 Å². The second-order valence-electron chi connectivity index (χ2n) is 0. The van der Waals surface area contributed by atoms with Crippen LogP contribution in [0.2, 0.25) is 0 Å². The van der Waals surface area contributed by atoms with Gasteiger partial charge in [-0.25, -0.2) is 0 Å². The molecule has 0 aromatic carbocycles. The van der Waals surface area contributed by atoms with Gasteiger partial charge in [0.25, 0.3) is 0 Å². The van der Waals surface area contributed by atoms with Gasteiger partial charge in [-0.1, -0.05) is 0 Å². The molecule has 1 nitrogen and oxygen atoms in total. The maximum atomic E-state index is 7.83. The van der Waals surface area contributed by atoms with Gasteiger partial charge in [-0.05, 0) is 0 Å². The van der Waals surface area contributed by atoms with Crippen LogP contribution >= 0.6 is 0 Å². The molecule has 0 unspecified atom stereocenters.